The Morgan fingerprint density at radius 3 is 1.13 bits per heavy atom. The van der Waals surface area contributed by atoms with Gasteiger partial charge in [0.25, 0.3) is 0 Å². The summed E-state index contributed by atoms with van der Waals surface area (Å²) in [5, 5.41) is 4.42. The van der Waals surface area contributed by atoms with Gasteiger partial charge in [-0.2, -0.15) is 25.0 Å². The van der Waals surface area contributed by atoms with E-state index >= 15 is 0 Å². The standard InChI is InChI=1S/C51H59BO4P.C5H5.Fe/c1-5-27-53-48-37-17-14-18-38(48)32-40-20-16-22-42(50(40)55-29-7-3)34-44-36-47(57(52,46-25-12-13-26-46)45-23-10-9-11-24-45)35-43(51(44)56-30-8-4)33-41-21-15-19-39(31-37)49(41)54-28-6-2;1-2-4-5-3-1;/h9-26,35-36H,5-8,27-34H2,1-4,52H3;1-5H;/q2*-1;+2/t57-;;/m0../s1. The molecule has 1 atom stereocenters. The van der Waals surface area contributed by atoms with Gasteiger partial charge in [-0.3, -0.25) is 0 Å². The number of fused-ring (bicyclic) bond motifs is 8. The molecule has 63 heavy (non-hydrogen) atoms. The number of benzene rings is 5. The fourth-order valence-electron chi connectivity index (χ4n) is 8.11. The molecule has 7 heteroatoms. The van der Waals surface area contributed by atoms with Crippen molar-refractivity contribution in [1.29, 1.82) is 0 Å². The van der Waals surface area contributed by atoms with Crippen molar-refractivity contribution in [2.45, 2.75) is 79.1 Å². The van der Waals surface area contributed by atoms with E-state index in [4.69, 9.17) is 18.9 Å². The summed E-state index contributed by atoms with van der Waals surface area (Å²) in [5.41, 5.74) is 9.58. The van der Waals surface area contributed by atoms with E-state index in [-0.39, 0.29) is 24.6 Å². The summed E-state index contributed by atoms with van der Waals surface area (Å²) in [6.07, 6.45) is 15.8. The molecule has 0 spiro atoms. The first-order valence-corrected chi connectivity index (χ1v) is 23.7. The molecule has 0 unspecified atom stereocenters. The minimum Gasteiger partial charge on any atom is -0.493 e. The third kappa shape index (κ3) is 11.4. The van der Waals surface area contributed by atoms with Crippen LogP contribution in [-0.2, 0) is 42.8 Å². The van der Waals surface area contributed by atoms with E-state index in [1.165, 1.54) is 60.4 Å². The van der Waals surface area contributed by atoms with E-state index in [9.17, 15) is 0 Å². The Hall–Kier alpha value is -4.99. The molecule has 2 aliphatic rings. The summed E-state index contributed by atoms with van der Waals surface area (Å²) in [6.45, 7) is 9.58. The van der Waals surface area contributed by atoms with Crippen LogP contribution in [0.15, 0.2) is 152 Å². The molecule has 8 bridgehead atoms. The fraction of sp³-hybridized carbons (Fsp3) is 0.286. The molecular weight excluding hydrogens is 834 g/mol. The van der Waals surface area contributed by atoms with Crippen LogP contribution in [0.2, 0.25) is 0 Å². The Bertz CT molecular complexity index is 2370. The van der Waals surface area contributed by atoms with Gasteiger partial charge in [-0.15, -0.1) is 0 Å². The Kier molecular flexibility index (Phi) is 17.8. The molecular formula is C56H64BFeO4P. The Labute approximate surface area is 388 Å². The van der Waals surface area contributed by atoms with Gasteiger partial charge in [0, 0.05) is 25.7 Å². The van der Waals surface area contributed by atoms with Crippen molar-refractivity contribution in [1.82, 2.24) is 0 Å². The molecule has 0 amide bonds. The average molecular weight is 899 g/mol. The number of ether oxygens (including phenoxy) is 4. The van der Waals surface area contributed by atoms with Crippen LogP contribution in [0, 0.1) is 0 Å². The van der Waals surface area contributed by atoms with Gasteiger partial charge in [-0.25, -0.2) is 12.1 Å². The van der Waals surface area contributed by atoms with Gasteiger partial charge >= 0.3 is 17.1 Å². The van der Waals surface area contributed by atoms with Crippen LogP contribution in [-0.4, -0.2) is 39.3 Å². The maximum atomic E-state index is 6.93. The predicted octanol–water partition coefficient (Wildman–Crippen LogP) is 11.5. The molecule has 6 aromatic carbocycles. The second kappa shape index (κ2) is 23.6. The molecule has 8 rings (SSSR count). The quantitative estimate of drug-likeness (QED) is 0.0619. The van der Waals surface area contributed by atoms with Crippen molar-refractivity contribution >= 4 is 30.2 Å². The van der Waals surface area contributed by atoms with E-state index in [0.29, 0.717) is 52.1 Å². The smallest absolute Gasteiger partial charge is 0.493 e. The molecule has 0 saturated heterocycles. The Balaban J connectivity index is 0.00000103. The van der Waals surface area contributed by atoms with Gasteiger partial charge in [-0.05, 0) is 77.8 Å². The van der Waals surface area contributed by atoms with Crippen LogP contribution < -0.4 is 29.6 Å². The van der Waals surface area contributed by atoms with Gasteiger partial charge < -0.3 is 18.9 Å². The molecule has 2 aliphatic carbocycles. The van der Waals surface area contributed by atoms with Crippen LogP contribution >= 0.6 is 6.76 Å². The van der Waals surface area contributed by atoms with Gasteiger partial charge in [0.15, 0.2) is 0 Å². The fourth-order valence-corrected chi connectivity index (χ4v) is 10.5. The van der Waals surface area contributed by atoms with Crippen LogP contribution in [0.4, 0.5) is 0 Å². The summed E-state index contributed by atoms with van der Waals surface area (Å²) in [7, 11) is -0.214. The zero-order chi connectivity index (χ0) is 43.2. The number of allylic oxidation sites excluding steroid dienone is 4. The monoisotopic (exact) mass is 898 g/mol. The summed E-state index contributed by atoms with van der Waals surface area (Å²) >= 11 is 0. The molecule has 0 radical (unpaired) electrons. The Morgan fingerprint density at radius 1 is 0.444 bits per heavy atom. The van der Waals surface area contributed by atoms with Crippen molar-refractivity contribution in [3.63, 3.8) is 0 Å². The van der Waals surface area contributed by atoms with Crippen molar-refractivity contribution < 1.29 is 36.0 Å². The maximum absolute atomic E-state index is 6.93. The molecule has 0 heterocycles. The first-order valence-electron chi connectivity index (χ1n) is 22.3. The van der Waals surface area contributed by atoms with Crippen LogP contribution in [0.1, 0.15) is 97.9 Å². The minimum atomic E-state index is -1.81. The largest absolute Gasteiger partial charge is 2.00 e. The van der Waals surface area contributed by atoms with E-state index in [0.717, 1.165) is 48.7 Å². The zero-order valence-corrected chi connectivity index (χ0v) is 38.9. The molecule has 0 saturated carbocycles. The van der Waals surface area contributed by atoms with Crippen LogP contribution in [0.5, 0.6) is 23.0 Å². The van der Waals surface area contributed by atoms with E-state index in [2.05, 4.69) is 149 Å². The van der Waals surface area contributed by atoms with Crippen molar-refractivity contribution in [3.8, 4) is 23.0 Å². The molecule has 328 valence electrons. The molecule has 0 fully saturated rings. The summed E-state index contributed by atoms with van der Waals surface area (Å²) < 4.78 is 27.2. The maximum Gasteiger partial charge on any atom is 2.00 e. The topological polar surface area (TPSA) is 36.9 Å². The molecule has 6 aromatic rings. The van der Waals surface area contributed by atoms with Crippen molar-refractivity contribution in [3.05, 3.63) is 196 Å². The first-order chi connectivity index (χ1) is 30.5. The van der Waals surface area contributed by atoms with E-state index in [1.807, 2.05) is 30.3 Å². The van der Waals surface area contributed by atoms with Gasteiger partial charge in [0.05, 0.1) is 26.4 Å². The van der Waals surface area contributed by atoms with Gasteiger partial charge in [0.2, 0.25) is 0 Å². The number of rotatable bonds is 14. The van der Waals surface area contributed by atoms with Crippen molar-refractivity contribution in [2.75, 3.05) is 26.4 Å². The number of para-hydroxylation sites is 3. The predicted molar refractivity (Wildman–Crippen MR) is 268 cm³/mol. The molecule has 0 aromatic heterocycles. The summed E-state index contributed by atoms with van der Waals surface area (Å²) in [5.74, 6) is 3.98. The SMILES string of the molecule is [BH3-][P@](=C1C=CC=C1)(c1ccccc1)c1cc2c(OCCC)c(c1)Cc1cccc(c1OCCC)Cc1cccc(c1OCCC)Cc1cccc(c1OCCC)C2.[Fe+2].c1cc[cH-]c1. The first kappa shape index (κ1) is 47.5. The van der Waals surface area contributed by atoms with Gasteiger partial charge in [-0.1, -0.05) is 165 Å². The summed E-state index contributed by atoms with van der Waals surface area (Å²) in [4.78, 5) is 0. The third-order valence-electron chi connectivity index (χ3n) is 10.8. The van der Waals surface area contributed by atoms with Crippen molar-refractivity contribution in [2.24, 2.45) is 0 Å². The van der Waals surface area contributed by atoms with E-state index < -0.39 is 6.76 Å². The van der Waals surface area contributed by atoms with E-state index in [1.54, 1.807) is 0 Å². The Morgan fingerprint density at radius 2 is 0.794 bits per heavy atom. The van der Waals surface area contributed by atoms with Crippen LogP contribution in [0.25, 0.3) is 0 Å². The number of hydrogen-bond donors (Lipinski definition) is 0. The molecule has 0 aliphatic heterocycles. The molecule has 4 nitrogen and oxygen atoms in total. The zero-order valence-electron chi connectivity index (χ0n) is 36.9. The van der Waals surface area contributed by atoms with Crippen LogP contribution in [0.3, 0.4) is 0 Å². The minimum absolute atomic E-state index is 0. The normalized spacial score (nSPS) is 13.6. The third-order valence-corrected chi connectivity index (χ3v) is 13.2. The second-order valence-corrected chi connectivity index (χ2v) is 17.9. The molecule has 0 N–H and O–H groups in total. The van der Waals surface area contributed by atoms with Gasteiger partial charge in [0.1, 0.15) is 23.0 Å². The average Bonchev–Trinajstić information content (AvgIpc) is 4.07. The number of hydrogen-bond acceptors (Lipinski definition) is 4. The summed E-state index contributed by atoms with van der Waals surface area (Å²) in [6, 6.07) is 46.5. The second-order valence-electron chi connectivity index (χ2n) is 15.7.